The predicted molar refractivity (Wildman–Crippen MR) is 117 cm³/mol. The lowest BCUT2D eigenvalue weighted by molar-refractivity contribution is 0.170. The Hall–Kier alpha value is -2.69. The van der Waals surface area contributed by atoms with Crippen molar-refractivity contribution in [3.8, 4) is 0 Å². The summed E-state index contributed by atoms with van der Waals surface area (Å²) in [5, 5.41) is 3.55. The predicted octanol–water partition coefficient (Wildman–Crippen LogP) is 4.17. The van der Waals surface area contributed by atoms with Gasteiger partial charge in [0.15, 0.2) is 0 Å². The van der Waals surface area contributed by atoms with Crippen molar-refractivity contribution in [1.82, 2.24) is 10.2 Å². The highest BCUT2D eigenvalue weighted by molar-refractivity contribution is 5.40. The maximum absolute atomic E-state index is 13.3. The van der Waals surface area contributed by atoms with E-state index in [4.69, 9.17) is 5.73 Å². The molecule has 0 aliphatic carbocycles. The van der Waals surface area contributed by atoms with Crippen molar-refractivity contribution in [3.63, 3.8) is 0 Å². The lowest BCUT2D eigenvalue weighted by atomic mass is 9.90. The average Bonchev–Trinajstić information content (AvgIpc) is 2.73. The second-order valence-electron chi connectivity index (χ2n) is 7.85. The van der Waals surface area contributed by atoms with Gasteiger partial charge in [-0.2, -0.15) is 0 Å². The summed E-state index contributed by atoms with van der Waals surface area (Å²) in [6.07, 6.45) is 1.96. The van der Waals surface area contributed by atoms with Crippen LogP contribution < -0.4 is 11.1 Å². The van der Waals surface area contributed by atoms with Crippen LogP contribution in [0, 0.1) is 5.82 Å². The fraction of sp³-hybridized carbons (Fsp3) is 0.280. The first-order valence-corrected chi connectivity index (χ1v) is 10.3. The summed E-state index contributed by atoms with van der Waals surface area (Å²) in [5.41, 5.74) is 11.9. The number of benzene rings is 3. The minimum absolute atomic E-state index is 0.176. The van der Waals surface area contributed by atoms with Crippen LogP contribution in [-0.2, 0) is 25.9 Å². The topological polar surface area (TPSA) is 41.3 Å². The monoisotopic (exact) mass is 389 g/mol. The zero-order chi connectivity index (χ0) is 20.1. The summed E-state index contributed by atoms with van der Waals surface area (Å²) >= 11 is 0. The molecule has 150 valence electrons. The molecule has 3 aromatic rings. The maximum Gasteiger partial charge on any atom is 0.123 e. The van der Waals surface area contributed by atoms with Gasteiger partial charge < -0.3 is 11.1 Å². The van der Waals surface area contributed by atoms with E-state index in [0.29, 0.717) is 6.04 Å². The van der Waals surface area contributed by atoms with E-state index in [1.54, 1.807) is 12.1 Å². The highest BCUT2D eigenvalue weighted by atomic mass is 19.1. The quantitative estimate of drug-likeness (QED) is 0.471. The molecule has 3 aromatic carbocycles. The zero-order valence-corrected chi connectivity index (χ0v) is 16.7. The fourth-order valence-corrected chi connectivity index (χ4v) is 4.16. The summed E-state index contributed by atoms with van der Waals surface area (Å²) in [7, 11) is 0. The number of fused-ring (bicyclic) bond motifs is 1. The van der Waals surface area contributed by atoms with Crippen molar-refractivity contribution in [1.29, 1.82) is 0 Å². The van der Waals surface area contributed by atoms with Gasteiger partial charge in [-0.05, 0) is 59.4 Å². The molecular weight excluding hydrogens is 361 g/mol. The smallest absolute Gasteiger partial charge is 0.123 e. The van der Waals surface area contributed by atoms with Gasteiger partial charge in [-0.25, -0.2) is 4.39 Å². The minimum Gasteiger partial charge on any atom is -0.399 e. The third-order valence-corrected chi connectivity index (χ3v) is 5.70. The Bertz CT molecular complexity index is 939. The van der Waals surface area contributed by atoms with Gasteiger partial charge in [-0.1, -0.05) is 48.5 Å². The Kier molecular flexibility index (Phi) is 6.23. The molecule has 0 saturated heterocycles. The van der Waals surface area contributed by atoms with Crippen molar-refractivity contribution in [2.24, 2.45) is 0 Å². The van der Waals surface area contributed by atoms with Crippen LogP contribution in [0.15, 0.2) is 72.8 Å². The number of nitrogen functional groups attached to an aromatic ring is 1. The molecule has 1 heterocycles. The molecule has 0 aromatic heterocycles. The van der Waals surface area contributed by atoms with Crippen molar-refractivity contribution in [2.75, 3.05) is 18.8 Å². The van der Waals surface area contributed by atoms with Crippen molar-refractivity contribution in [3.05, 3.63) is 101 Å². The third-order valence-electron chi connectivity index (χ3n) is 5.70. The summed E-state index contributed by atoms with van der Waals surface area (Å²) in [4.78, 5) is 2.55. The molecule has 0 radical (unpaired) electrons. The van der Waals surface area contributed by atoms with E-state index in [1.807, 2.05) is 30.3 Å². The Labute approximate surface area is 172 Å². The Morgan fingerprint density at radius 1 is 0.931 bits per heavy atom. The molecule has 1 aliphatic heterocycles. The van der Waals surface area contributed by atoms with Crippen molar-refractivity contribution >= 4 is 5.69 Å². The molecular formula is C25H28FN3. The van der Waals surface area contributed by atoms with Gasteiger partial charge in [0.1, 0.15) is 5.82 Å². The molecule has 3 N–H and O–H groups in total. The lowest BCUT2D eigenvalue weighted by Gasteiger charge is -2.37. The molecule has 0 fully saturated rings. The van der Waals surface area contributed by atoms with Crippen LogP contribution in [0.3, 0.4) is 0 Å². The molecule has 3 nitrogen and oxygen atoms in total. The van der Waals surface area contributed by atoms with E-state index >= 15 is 0 Å². The van der Waals surface area contributed by atoms with E-state index in [-0.39, 0.29) is 5.82 Å². The average molecular weight is 390 g/mol. The third kappa shape index (κ3) is 5.22. The number of nitrogens with one attached hydrogen (secondary N) is 1. The number of nitrogens with two attached hydrogens (primary N) is 1. The number of hydrogen-bond donors (Lipinski definition) is 2. The van der Waals surface area contributed by atoms with E-state index < -0.39 is 0 Å². The molecule has 1 unspecified atom stereocenters. The van der Waals surface area contributed by atoms with Crippen LogP contribution in [0.25, 0.3) is 0 Å². The normalized spacial score (nSPS) is 16.5. The largest absolute Gasteiger partial charge is 0.399 e. The number of halogens is 1. The molecule has 1 aliphatic rings. The molecule has 0 amide bonds. The first kappa shape index (κ1) is 19.6. The van der Waals surface area contributed by atoms with Gasteiger partial charge >= 0.3 is 0 Å². The molecule has 0 spiro atoms. The van der Waals surface area contributed by atoms with Gasteiger partial charge in [0, 0.05) is 37.9 Å². The lowest BCUT2D eigenvalue weighted by Crippen LogP contribution is -2.44. The van der Waals surface area contributed by atoms with Gasteiger partial charge in [-0.15, -0.1) is 0 Å². The van der Waals surface area contributed by atoms with Gasteiger partial charge in [0.05, 0.1) is 0 Å². The van der Waals surface area contributed by atoms with Crippen LogP contribution in [0.4, 0.5) is 10.1 Å². The number of anilines is 1. The fourth-order valence-electron chi connectivity index (χ4n) is 4.16. The SMILES string of the molecule is Nc1cccc(CNCCN2Cc3ccccc3CC2Cc2ccc(F)cc2)c1. The van der Waals surface area contributed by atoms with Crippen molar-refractivity contribution < 1.29 is 4.39 Å². The second kappa shape index (κ2) is 9.21. The summed E-state index contributed by atoms with van der Waals surface area (Å²) < 4.78 is 13.3. The standard InChI is InChI=1S/C25H28FN3/c26-23-10-8-19(9-11-23)15-25-16-21-5-1-2-6-22(21)18-29(25)13-12-28-17-20-4-3-7-24(27)14-20/h1-11,14,25,28H,12-13,15-18,27H2. The van der Waals surface area contributed by atoms with Gasteiger partial charge in [0.25, 0.3) is 0 Å². The number of nitrogens with zero attached hydrogens (tertiary/aromatic N) is 1. The van der Waals surface area contributed by atoms with E-state index in [9.17, 15) is 4.39 Å². The summed E-state index contributed by atoms with van der Waals surface area (Å²) in [6.45, 7) is 3.67. The first-order chi connectivity index (χ1) is 14.2. The van der Waals surface area contributed by atoms with Crippen LogP contribution >= 0.6 is 0 Å². The maximum atomic E-state index is 13.3. The summed E-state index contributed by atoms with van der Waals surface area (Å²) in [5.74, 6) is -0.176. The Morgan fingerprint density at radius 2 is 1.72 bits per heavy atom. The Morgan fingerprint density at radius 3 is 2.52 bits per heavy atom. The van der Waals surface area contributed by atoms with Crippen LogP contribution in [0.1, 0.15) is 22.3 Å². The van der Waals surface area contributed by atoms with E-state index in [1.165, 1.54) is 22.3 Å². The first-order valence-electron chi connectivity index (χ1n) is 10.3. The van der Waals surface area contributed by atoms with Gasteiger partial charge in [-0.3, -0.25) is 4.90 Å². The minimum atomic E-state index is -0.176. The van der Waals surface area contributed by atoms with Crippen LogP contribution in [0.2, 0.25) is 0 Å². The molecule has 4 rings (SSSR count). The van der Waals surface area contributed by atoms with E-state index in [0.717, 1.165) is 44.7 Å². The summed E-state index contributed by atoms with van der Waals surface area (Å²) in [6, 6.07) is 24.1. The number of rotatable bonds is 7. The highest BCUT2D eigenvalue weighted by Gasteiger charge is 2.25. The zero-order valence-electron chi connectivity index (χ0n) is 16.7. The van der Waals surface area contributed by atoms with E-state index in [2.05, 4.69) is 40.5 Å². The highest BCUT2D eigenvalue weighted by Crippen LogP contribution is 2.25. The van der Waals surface area contributed by atoms with Gasteiger partial charge in [0.2, 0.25) is 0 Å². The molecule has 29 heavy (non-hydrogen) atoms. The second-order valence-corrected chi connectivity index (χ2v) is 7.85. The molecule has 0 bridgehead atoms. The molecule has 1 atom stereocenters. The number of hydrogen-bond acceptors (Lipinski definition) is 3. The van der Waals surface area contributed by atoms with Crippen molar-refractivity contribution in [2.45, 2.75) is 32.0 Å². The Balaban J connectivity index is 1.39. The molecule has 4 heteroatoms. The van der Waals surface area contributed by atoms with Crippen LogP contribution in [0.5, 0.6) is 0 Å². The van der Waals surface area contributed by atoms with Crippen LogP contribution in [-0.4, -0.2) is 24.0 Å². The molecule has 0 saturated carbocycles.